The van der Waals surface area contributed by atoms with Gasteiger partial charge in [-0.3, -0.25) is 9.13 Å². The maximum atomic E-state index is 13.7. The maximum absolute atomic E-state index is 13.7. The number of hydrogen-bond acceptors (Lipinski definition) is 1. The molecule has 29 heavy (non-hydrogen) atoms. The van der Waals surface area contributed by atoms with Crippen LogP contribution in [-0.2, 0) is 0 Å². The smallest absolute Gasteiger partial charge is 0.260 e. The summed E-state index contributed by atoms with van der Waals surface area (Å²) in [7, 11) is 0. The molecule has 4 heteroatoms. The highest BCUT2D eigenvalue weighted by Gasteiger charge is 2.18. The molecule has 3 nitrogen and oxygen atoms in total. The van der Waals surface area contributed by atoms with Crippen molar-refractivity contribution < 1.29 is 0 Å². The first-order chi connectivity index (χ1) is 14.2. The lowest BCUT2D eigenvalue weighted by molar-refractivity contribution is 0.931. The van der Waals surface area contributed by atoms with Crippen molar-refractivity contribution in [3.8, 4) is 22.5 Å². The Bertz CT molecular complexity index is 1370. The predicted molar refractivity (Wildman–Crippen MR) is 122 cm³/mol. The topological polar surface area (TPSA) is 26.9 Å². The number of para-hydroxylation sites is 3. The van der Waals surface area contributed by atoms with Crippen LogP contribution in [0.1, 0.15) is 0 Å². The van der Waals surface area contributed by atoms with E-state index in [4.69, 9.17) is 0 Å². The molecule has 0 aliphatic rings. The Hall–Kier alpha value is -3.37. The van der Waals surface area contributed by atoms with Crippen LogP contribution >= 0.6 is 15.9 Å². The van der Waals surface area contributed by atoms with Gasteiger partial charge < -0.3 is 0 Å². The van der Waals surface area contributed by atoms with Gasteiger partial charge in [-0.2, -0.15) is 0 Å². The molecule has 0 amide bonds. The minimum atomic E-state index is -0.0862. The number of benzene rings is 4. The van der Waals surface area contributed by atoms with Crippen LogP contribution in [0.25, 0.3) is 33.5 Å². The van der Waals surface area contributed by atoms with Crippen molar-refractivity contribution in [1.29, 1.82) is 0 Å². The van der Waals surface area contributed by atoms with Crippen LogP contribution in [0.3, 0.4) is 0 Å². The van der Waals surface area contributed by atoms with E-state index in [1.165, 1.54) is 0 Å². The normalized spacial score (nSPS) is 11.1. The van der Waals surface area contributed by atoms with Gasteiger partial charge >= 0.3 is 5.69 Å². The largest absolute Gasteiger partial charge is 0.338 e. The first-order valence-corrected chi connectivity index (χ1v) is 10.2. The van der Waals surface area contributed by atoms with E-state index < -0.39 is 0 Å². The summed E-state index contributed by atoms with van der Waals surface area (Å²) in [5.41, 5.74) is 5.48. The van der Waals surface area contributed by atoms with Gasteiger partial charge in [-0.05, 0) is 48.0 Å². The SMILES string of the molecule is O=c1n(-c2ccc(Br)cc2)c2ccccc2n1-c1ccccc1-c1ccccc1. The average molecular weight is 441 g/mol. The molecule has 0 unspecified atom stereocenters. The third-order valence-electron chi connectivity index (χ3n) is 5.06. The molecule has 140 valence electrons. The van der Waals surface area contributed by atoms with Crippen molar-refractivity contribution in [2.75, 3.05) is 0 Å². The summed E-state index contributed by atoms with van der Waals surface area (Å²) in [5, 5.41) is 0. The molecule has 0 atom stereocenters. The first-order valence-electron chi connectivity index (χ1n) is 9.37. The average Bonchev–Trinajstić information content (AvgIpc) is 3.07. The van der Waals surface area contributed by atoms with Gasteiger partial charge in [0.2, 0.25) is 0 Å². The zero-order chi connectivity index (χ0) is 19.8. The molecule has 0 aliphatic heterocycles. The van der Waals surface area contributed by atoms with Crippen LogP contribution in [0.4, 0.5) is 0 Å². The Labute approximate surface area is 176 Å². The third kappa shape index (κ3) is 3.02. The second kappa shape index (κ2) is 7.22. The van der Waals surface area contributed by atoms with Gasteiger partial charge in [0.1, 0.15) is 0 Å². The maximum Gasteiger partial charge on any atom is 0.338 e. The summed E-state index contributed by atoms with van der Waals surface area (Å²) in [6.07, 6.45) is 0. The lowest BCUT2D eigenvalue weighted by Gasteiger charge is -2.11. The predicted octanol–water partition coefficient (Wildman–Crippen LogP) is 6.21. The third-order valence-corrected chi connectivity index (χ3v) is 5.59. The number of imidazole rings is 1. The summed E-state index contributed by atoms with van der Waals surface area (Å²) in [5.74, 6) is 0. The van der Waals surface area contributed by atoms with E-state index in [2.05, 4.69) is 34.1 Å². The van der Waals surface area contributed by atoms with Crippen LogP contribution < -0.4 is 5.69 Å². The zero-order valence-corrected chi connectivity index (χ0v) is 17.1. The number of nitrogens with zero attached hydrogens (tertiary/aromatic N) is 2. The van der Waals surface area contributed by atoms with Crippen LogP contribution in [0.5, 0.6) is 0 Å². The molecule has 0 radical (unpaired) electrons. The lowest BCUT2D eigenvalue weighted by atomic mass is 10.0. The Morgan fingerprint density at radius 2 is 1.17 bits per heavy atom. The van der Waals surface area contributed by atoms with Crippen molar-refractivity contribution in [3.63, 3.8) is 0 Å². The number of aromatic nitrogens is 2. The quantitative estimate of drug-likeness (QED) is 0.327. The van der Waals surface area contributed by atoms with Gasteiger partial charge in [-0.25, -0.2) is 4.79 Å². The van der Waals surface area contributed by atoms with E-state index in [1.54, 1.807) is 9.13 Å². The lowest BCUT2D eigenvalue weighted by Crippen LogP contribution is -2.22. The second-order valence-electron chi connectivity index (χ2n) is 6.80. The molecular weight excluding hydrogens is 424 g/mol. The summed E-state index contributed by atoms with van der Waals surface area (Å²) >= 11 is 3.47. The minimum Gasteiger partial charge on any atom is -0.260 e. The second-order valence-corrected chi connectivity index (χ2v) is 7.72. The van der Waals surface area contributed by atoms with Gasteiger partial charge in [0, 0.05) is 10.0 Å². The molecule has 0 N–H and O–H groups in total. The summed E-state index contributed by atoms with van der Waals surface area (Å²) in [4.78, 5) is 13.7. The van der Waals surface area contributed by atoms with E-state index in [1.807, 2.05) is 84.9 Å². The minimum absolute atomic E-state index is 0.0862. The van der Waals surface area contributed by atoms with Crippen molar-refractivity contribution >= 4 is 27.0 Å². The van der Waals surface area contributed by atoms with Gasteiger partial charge in [-0.15, -0.1) is 0 Å². The molecule has 0 bridgehead atoms. The summed E-state index contributed by atoms with van der Waals surface area (Å²) in [6.45, 7) is 0. The van der Waals surface area contributed by atoms with E-state index in [9.17, 15) is 4.79 Å². The Morgan fingerprint density at radius 1 is 0.586 bits per heavy atom. The monoisotopic (exact) mass is 440 g/mol. The molecule has 5 rings (SSSR count). The molecule has 0 spiro atoms. The standard InChI is InChI=1S/C25H17BrN2O/c26-19-14-16-20(17-15-19)27-23-12-6-7-13-24(23)28(25(27)29)22-11-5-4-10-21(22)18-8-2-1-3-9-18/h1-17H. The van der Waals surface area contributed by atoms with E-state index in [0.29, 0.717) is 0 Å². The molecular formula is C25H17BrN2O. The first kappa shape index (κ1) is 17.7. The number of fused-ring (bicyclic) bond motifs is 1. The number of hydrogen-bond donors (Lipinski definition) is 0. The molecule has 1 heterocycles. The Morgan fingerprint density at radius 3 is 1.90 bits per heavy atom. The Balaban J connectivity index is 1.84. The fraction of sp³-hybridized carbons (Fsp3) is 0. The molecule has 0 saturated carbocycles. The van der Waals surface area contributed by atoms with Crippen molar-refractivity contribution in [2.45, 2.75) is 0 Å². The highest BCUT2D eigenvalue weighted by atomic mass is 79.9. The molecule has 1 aromatic heterocycles. The van der Waals surface area contributed by atoms with Crippen LogP contribution in [0.2, 0.25) is 0 Å². The van der Waals surface area contributed by atoms with Crippen LogP contribution in [-0.4, -0.2) is 9.13 Å². The molecule has 0 aliphatic carbocycles. The van der Waals surface area contributed by atoms with Gasteiger partial charge in [0.05, 0.1) is 22.4 Å². The molecule has 0 fully saturated rings. The van der Waals surface area contributed by atoms with E-state index in [-0.39, 0.29) is 5.69 Å². The van der Waals surface area contributed by atoms with Gasteiger partial charge in [0.25, 0.3) is 0 Å². The van der Waals surface area contributed by atoms with Crippen molar-refractivity contribution in [2.24, 2.45) is 0 Å². The fourth-order valence-corrected chi connectivity index (χ4v) is 4.02. The summed E-state index contributed by atoms with van der Waals surface area (Å²) < 4.78 is 4.55. The van der Waals surface area contributed by atoms with Crippen molar-refractivity contribution in [1.82, 2.24) is 9.13 Å². The summed E-state index contributed by atoms with van der Waals surface area (Å²) in [6, 6.07) is 33.9. The van der Waals surface area contributed by atoms with Gasteiger partial charge in [-0.1, -0.05) is 76.6 Å². The number of rotatable bonds is 3. The van der Waals surface area contributed by atoms with Gasteiger partial charge in [0.15, 0.2) is 0 Å². The Kier molecular flexibility index (Phi) is 4.41. The van der Waals surface area contributed by atoms with Crippen LogP contribution in [0.15, 0.2) is 112 Å². The molecule has 4 aromatic carbocycles. The highest BCUT2D eigenvalue weighted by molar-refractivity contribution is 9.10. The van der Waals surface area contributed by atoms with Crippen molar-refractivity contribution in [3.05, 3.63) is 118 Å². The molecule has 5 aromatic rings. The highest BCUT2D eigenvalue weighted by Crippen LogP contribution is 2.29. The molecule has 0 saturated heterocycles. The van der Waals surface area contributed by atoms with Crippen LogP contribution in [0, 0.1) is 0 Å². The zero-order valence-electron chi connectivity index (χ0n) is 15.5. The van der Waals surface area contributed by atoms with E-state index >= 15 is 0 Å². The fourth-order valence-electron chi connectivity index (χ4n) is 3.75. The van der Waals surface area contributed by atoms with E-state index in [0.717, 1.165) is 38.0 Å². The number of halogens is 1.